The minimum atomic E-state index is 0.0667. The SMILES string of the molecule is CCCN(CC(=O)Nc1ccc(Br)c(C)c1)C1CCNC1. The van der Waals surface area contributed by atoms with E-state index in [1.165, 1.54) is 0 Å². The van der Waals surface area contributed by atoms with Gasteiger partial charge in [-0.2, -0.15) is 0 Å². The van der Waals surface area contributed by atoms with Gasteiger partial charge < -0.3 is 10.6 Å². The van der Waals surface area contributed by atoms with Gasteiger partial charge in [0.15, 0.2) is 0 Å². The van der Waals surface area contributed by atoms with Gasteiger partial charge in [0, 0.05) is 22.7 Å². The van der Waals surface area contributed by atoms with Crippen molar-refractivity contribution in [3.05, 3.63) is 28.2 Å². The molecule has 1 amide bonds. The highest BCUT2D eigenvalue weighted by atomic mass is 79.9. The third-order valence-electron chi connectivity index (χ3n) is 3.85. The van der Waals surface area contributed by atoms with E-state index in [9.17, 15) is 4.79 Å². The van der Waals surface area contributed by atoms with Crippen LogP contribution in [0, 0.1) is 6.92 Å². The first-order valence-corrected chi connectivity index (χ1v) is 8.40. The van der Waals surface area contributed by atoms with Crippen LogP contribution in [0.3, 0.4) is 0 Å². The summed E-state index contributed by atoms with van der Waals surface area (Å²) in [6, 6.07) is 6.37. The van der Waals surface area contributed by atoms with Gasteiger partial charge in [0.05, 0.1) is 6.54 Å². The van der Waals surface area contributed by atoms with E-state index >= 15 is 0 Å². The number of aryl methyl sites for hydroxylation is 1. The molecule has 1 aliphatic heterocycles. The van der Waals surface area contributed by atoms with Crippen molar-refractivity contribution in [1.29, 1.82) is 0 Å². The van der Waals surface area contributed by atoms with Crippen molar-refractivity contribution < 1.29 is 4.79 Å². The summed E-state index contributed by atoms with van der Waals surface area (Å²) in [4.78, 5) is 14.6. The molecule has 0 radical (unpaired) electrons. The Hall–Kier alpha value is -0.910. The van der Waals surface area contributed by atoms with Gasteiger partial charge in [0.1, 0.15) is 0 Å². The van der Waals surface area contributed by atoms with Crippen molar-refractivity contribution >= 4 is 27.5 Å². The average molecular weight is 354 g/mol. The van der Waals surface area contributed by atoms with Gasteiger partial charge in [-0.05, 0) is 56.6 Å². The van der Waals surface area contributed by atoms with Crippen LogP contribution in [-0.2, 0) is 4.79 Å². The lowest BCUT2D eigenvalue weighted by molar-refractivity contribution is -0.117. The number of amides is 1. The fraction of sp³-hybridized carbons (Fsp3) is 0.562. The summed E-state index contributed by atoms with van der Waals surface area (Å²) in [7, 11) is 0. The molecule has 1 saturated heterocycles. The molecule has 116 valence electrons. The molecule has 1 heterocycles. The van der Waals surface area contributed by atoms with Crippen molar-refractivity contribution in [3.63, 3.8) is 0 Å². The summed E-state index contributed by atoms with van der Waals surface area (Å²) in [5.41, 5.74) is 1.99. The Morgan fingerprint density at radius 1 is 1.52 bits per heavy atom. The molecule has 1 aliphatic rings. The van der Waals surface area contributed by atoms with Crippen LogP contribution in [0.15, 0.2) is 22.7 Å². The largest absolute Gasteiger partial charge is 0.325 e. The molecular formula is C16H24BrN3O. The van der Waals surface area contributed by atoms with Crippen LogP contribution < -0.4 is 10.6 Å². The van der Waals surface area contributed by atoms with E-state index in [4.69, 9.17) is 0 Å². The zero-order valence-corrected chi connectivity index (χ0v) is 14.4. The van der Waals surface area contributed by atoms with Crippen LogP contribution in [0.2, 0.25) is 0 Å². The first kappa shape index (κ1) is 16.5. The van der Waals surface area contributed by atoms with E-state index in [1.807, 2.05) is 25.1 Å². The first-order chi connectivity index (χ1) is 10.1. The lowest BCUT2D eigenvalue weighted by Gasteiger charge is -2.27. The topological polar surface area (TPSA) is 44.4 Å². The zero-order valence-electron chi connectivity index (χ0n) is 12.8. The van der Waals surface area contributed by atoms with E-state index in [1.54, 1.807) is 0 Å². The monoisotopic (exact) mass is 353 g/mol. The summed E-state index contributed by atoms with van der Waals surface area (Å²) in [6.45, 7) is 7.66. The first-order valence-electron chi connectivity index (χ1n) is 7.61. The number of hydrogen-bond acceptors (Lipinski definition) is 3. The van der Waals surface area contributed by atoms with E-state index in [-0.39, 0.29) is 5.91 Å². The number of benzene rings is 1. The Morgan fingerprint density at radius 2 is 2.33 bits per heavy atom. The summed E-state index contributed by atoms with van der Waals surface area (Å²) in [5, 5.41) is 6.37. The molecule has 2 rings (SSSR count). The third kappa shape index (κ3) is 4.80. The lowest BCUT2D eigenvalue weighted by atomic mass is 10.2. The molecule has 0 saturated carbocycles. The summed E-state index contributed by atoms with van der Waals surface area (Å²) >= 11 is 3.47. The fourth-order valence-electron chi connectivity index (χ4n) is 2.74. The lowest BCUT2D eigenvalue weighted by Crippen LogP contribution is -2.42. The third-order valence-corrected chi connectivity index (χ3v) is 4.74. The fourth-order valence-corrected chi connectivity index (χ4v) is 2.98. The van der Waals surface area contributed by atoms with E-state index in [2.05, 4.69) is 38.4 Å². The maximum Gasteiger partial charge on any atom is 0.238 e. The molecule has 1 aromatic carbocycles. The quantitative estimate of drug-likeness (QED) is 0.826. The number of carbonyl (C=O) groups excluding carboxylic acids is 1. The Bertz CT molecular complexity index is 486. The van der Waals surface area contributed by atoms with Crippen molar-refractivity contribution in [2.45, 2.75) is 32.7 Å². The second kappa shape index (κ2) is 7.92. The number of anilines is 1. The highest BCUT2D eigenvalue weighted by Gasteiger charge is 2.23. The average Bonchev–Trinajstić information content (AvgIpc) is 2.96. The number of halogens is 1. The summed E-state index contributed by atoms with van der Waals surface area (Å²) < 4.78 is 1.06. The molecule has 1 unspecified atom stereocenters. The predicted molar refractivity (Wildman–Crippen MR) is 90.6 cm³/mol. The van der Waals surface area contributed by atoms with Gasteiger partial charge in [0.25, 0.3) is 0 Å². The molecule has 0 spiro atoms. The predicted octanol–water partition coefficient (Wildman–Crippen LogP) is 2.77. The molecule has 2 N–H and O–H groups in total. The van der Waals surface area contributed by atoms with Crippen LogP contribution in [-0.4, -0.2) is 43.0 Å². The number of nitrogens with one attached hydrogen (secondary N) is 2. The smallest absolute Gasteiger partial charge is 0.238 e. The minimum Gasteiger partial charge on any atom is -0.325 e. The Balaban J connectivity index is 1.93. The van der Waals surface area contributed by atoms with E-state index < -0.39 is 0 Å². The minimum absolute atomic E-state index is 0.0667. The van der Waals surface area contributed by atoms with Crippen LogP contribution in [0.5, 0.6) is 0 Å². The van der Waals surface area contributed by atoms with Crippen LogP contribution in [0.4, 0.5) is 5.69 Å². The second-order valence-corrected chi connectivity index (χ2v) is 6.48. The number of nitrogens with zero attached hydrogens (tertiary/aromatic N) is 1. The molecule has 0 aromatic heterocycles. The maximum absolute atomic E-state index is 12.3. The molecule has 1 fully saturated rings. The van der Waals surface area contributed by atoms with Gasteiger partial charge in [-0.25, -0.2) is 0 Å². The molecule has 5 heteroatoms. The van der Waals surface area contributed by atoms with Gasteiger partial charge in [-0.1, -0.05) is 22.9 Å². The molecule has 21 heavy (non-hydrogen) atoms. The molecule has 0 aliphatic carbocycles. The highest BCUT2D eigenvalue weighted by Crippen LogP contribution is 2.20. The van der Waals surface area contributed by atoms with E-state index in [0.29, 0.717) is 12.6 Å². The second-order valence-electron chi connectivity index (χ2n) is 5.63. The highest BCUT2D eigenvalue weighted by molar-refractivity contribution is 9.10. The zero-order chi connectivity index (χ0) is 15.2. The number of hydrogen-bond donors (Lipinski definition) is 2. The van der Waals surface area contributed by atoms with E-state index in [0.717, 1.165) is 48.2 Å². The number of rotatable bonds is 6. The normalized spacial score (nSPS) is 18.2. The molecule has 4 nitrogen and oxygen atoms in total. The molecular weight excluding hydrogens is 330 g/mol. The number of carbonyl (C=O) groups is 1. The Labute approximate surface area is 135 Å². The van der Waals surface area contributed by atoms with Crippen molar-refractivity contribution in [2.24, 2.45) is 0 Å². The van der Waals surface area contributed by atoms with Crippen LogP contribution >= 0.6 is 15.9 Å². The van der Waals surface area contributed by atoms with Gasteiger partial charge in [0.2, 0.25) is 5.91 Å². The van der Waals surface area contributed by atoms with Crippen molar-refractivity contribution in [3.8, 4) is 0 Å². The van der Waals surface area contributed by atoms with Crippen LogP contribution in [0.25, 0.3) is 0 Å². The van der Waals surface area contributed by atoms with Gasteiger partial charge >= 0.3 is 0 Å². The van der Waals surface area contributed by atoms with Crippen molar-refractivity contribution in [2.75, 3.05) is 31.5 Å². The maximum atomic E-state index is 12.3. The summed E-state index contributed by atoms with van der Waals surface area (Å²) in [6.07, 6.45) is 2.20. The van der Waals surface area contributed by atoms with Crippen LogP contribution in [0.1, 0.15) is 25.3 Å². The molecule has 1 aromatic rings. The molecule has 0 bridgehead atoms. The van der Waals surface area contributed by atoms with Gasteiger partial charge in [-0.15, -0.1) is 0 Å². The van der Waals surface area contributed by atoms with Gasteiger partial charge in [-0.3, -0.25) is 9.69 Å². The standard InChI is InChI=1S/C16H24BrN3O/c1-3-8-20(14-6-7-18-10-14)11-16(21)19-13-4-5-15(17)12(2)9-13/h4-5,9,14,18H,3,6-8,10-11H2,1-2H3,(H,19,21). The van der Waals surface area contributed by atoms with Crippen molar-refractivity contribution in [1.82, 2.24) is 10.2 Å². The summed E-state index contributed by atoms with van der Waals surface area (Å²) in [5.74, 6) is 0.0667. The molecule has 1 atom stereocenters. The Kier molecular flexibility index (Phi) is 6.21. The Morgan fingerprint density at radius 3 is 2.95 bits per heavy atom.